The van der Waals surface area contributed by atoms with Crippen molar-refractivity contribution in [2.45, 2.75) is 6.92 Å². The molecule has 2 nitrogen and oxygen atoms in total. The molecule has 0 aliphatic carbocycles. The van der Waals surface area contributed by atoms with Crippen LogP contribution in [-0.2, 0) is 4.79 Å². The molecule has 0 aliphatic heterocycles. The average Bonchev–Trinajstić information content (AvgIpc) is 1.35. The summed E-state index contributed by atoms with van der Waals surface area (Å²) in [5, 5.41) is 2.64. The maximum atomic E-state index is 9.96. The third-order valence-corrected chi connectivity index (χ3v) is 1.14. The topological polar surface area (TPSA) is 29.1 Å². The Morgan fingerprint density at radius 3 is 2.50 bits per heavy atom. The van der Waals surface area contributed by atoms with Gasteiger partial charge in [0.1, 0.15) is 0 Å². The van der Waals surface area contributed by atoms with Crippen molar-refractivity contribution in [2.75, 3.05) is 4.25 Å². The molecule has 0 atom stereocenters. The monoisotopic (exact) mass is 283 g/mol. The number of rotatable bonds is 1. The molecule has 0 saturated carbocycles. The summed E-state index contributed by atoms with van der Waals surface area (Å²) in [7, 11) is 0. The Balaban J connectivity index is 2.83. The average molecular weight is 283 g/mol. The molecule has 0 unspecified atom stereocenters. The van der Waals surface area contributed by atoms with Gasteiger partial charge in [-0.25, -0.2) is 0 Å². The third kappa shape index (κ3) is 4.35. The molecule has 3 heteroatoms. The second kappa shape index (κ2) is 3.54. The molecule has 0 spiro atoms. The molecule has 0 aromatic rings. The first-order valence-electron chi connectivity index (χ1n) is 1.72. The zero-order chi connectivity index (χ0) is 4.99. The van der Waals surface area contributed by atoms with Crippen LogP contribution in [0.15, 0.2) is 0 Å². The maximum absolute atomic E-state index is 9.96. The van der Waals surface area contributed by atoms with E-state index >= 15 is 0 Å². The fourth-order valence-corrected chi connectivity index (χ4v) is 1.26. The van der Waals surface area contributed by atoms with Gasteiger partial charge in [0.15, 0.2) is 0 Å². The summed E-state index contributed by atoms with van der Waals surface area (Å²) in [6.07, 6.45) is 0. The molecule has 0 aromatic carbocycles. The third-order valence-electron chi connectivity index (χ3n) is 0.351. The van der Waals surface area contributed by atoms with Crippen LogP contribution in [0.25, 0.3) is 0 Å². The first kappa shape index (κ1) is 6.35. The predicted octanol–water partition coefficient (Wildman–Crippen LogP) is -1.29. The standard InChI is InChI=1S/C3H6NO.Bi.2H/c1-3(5)4-2;;;/h2H2,1H3,(H,4,5);;;. The van der Waals surface area contributed by atoms with Crippen LogP contribution >= 0.6 is 0 Å². The van der Waals surface area contributed by atoms with E-state index in [1.165, 1.54) is 6.92 Å². The molecule has 0 fully saturated rings. The van der Waals surface area contributed by atoms with E-state index in [-0.39, 0.29) is 5.91 Å². The Morgan fingerprint density at radius 2 is 2.50 bits per heavy atom. The molecule has 6 heavy (non-hydrogen) atoms. The molecule has 1 amide bonds. The molecular formula is C3H8BiNO. The summed E-state index contributed by atoms with van der Waals surface area (Å²) in [4.78, 5) is 9.96. The van der Waals surface area contributed by atoms with Crippen LogP contribution in [0.1, 0.15) is 6.92 Å². The van der Waals surface area contributed by atoms with Gasteiger partial charge in [0.25, 0.3) is 0 Å². The van der Waals surface area contributed by atoms with E-state index in [2.05, 4.69) is 5.32 Å². The molecule has 0 aromatic heterocycles. The molecule has 36 valence electrons. The summed E-state index contributed by atoms with van der Waals surface area (Å²) < 4.78 is 0.898. The Morgan fingerprint density at radius 1 is 2.00 bits per heavy atom. The minimum atomic E-state index is 0.0810. The molecule has 0 radical (unpaired) electrons. The van der Waals surface area contributed by atoms with Crippen LogP contribution < -0.4 is 5.32 Å². The van der Waals surface area contributed by atoms with Crippen LogP contribution in [-0.4, -0.2) is 34.9 Å². The van der Waals surface area contributed by atoms with Gasteiger partial charge in [-0.15, -0.1) is 0 Å². The van der Waals surface area contributed by atoms with Crippen LogP contribution in [0, 0.1) is 0 Å². The van der Waals surface area contributed by atoms with E-state index in [1.807, 2.05) is 0 Å². The second-order valence-corrected chi connectivity index (χ2v) is 2.52. The van der Waals surface area contributed by atoms with Gasteiger partial charge in [-0.05, 0) is 0 Å². The molecule has 1 N–H and O–H groups in total. The summed E-state index contributed by atoms with van der Waals surface area (Å²) in [6, 6.07) is 0. The fraction of sp³-hybridized carbons (Fsp3) is 0.667. The molecule has 0 aliphatic rings. The van der Waals surface area contributed by atoms with Crippen molar-refractivity contribution in [1.29, 1.82) is 0 Å². The Labute approximate surface area is 52.1 Å². The first-order valence-corrected chi connectivity index (χ1v) is 4.89. The van der Waals surface area contributed by atoms with Crippen LogP contribution in [0.2, 0.25) is 0 Å². The van der Waals surface area contributed by atoms with Crippen molar-refractivity contribution >= 4 is 30.6 Å². The van der Waals surface area contributed by atoms with E-state index in [9.17, 15) is 4.79 Å². The fourth-order valence-electron chi connectivity index (χ4n) is 0.144. The number of nitrogens with one attached hydrogen (secondary N) is 1. The molecule has 0 bridgehead atoms. The number of hydrogen-bond acceptors (Lipinski definition) is 1. The van der Waals surface area contributed by atoms with Gasteiger partial charge in [0.05, 0.1) is 0 Å². The normalized spacial score (nSPS) is 7.67. The van der Waals surface area contributed by atoms with Crippen molar-refractivity contribution in [3.8, 4) is 0 Å². The Kier molecular flexibility index (Phi) is 3.75. The molecular weight excluding hydrogens is 275 g/mol. The van der Waals surface area contributed by atoms with Crippen molar-refractivity contribution in [3.05, 3.63) is 0 Å². The van der Waals surface area contributed by atoms with Crippen molar-refractivity contribution in [2.24, 2.45) is 0 Å². The summed E-state index contributed by atoms with van der Waals surface area (Å²) in [5.74, 6) is 0.0810. The van der Waals surface area contributed by atoms with Crippen molar-refractivity contribution < 1.29 is 4.79 Å². The Bertz CT molecular complexity index is 54.8. The number of carbonyl (C=O) groups excluding carboxylic acids is 1. The van der Waals surface area contributed by atoms with Crippen LogP contribution in [0.3, 0.4) is 0 Å². The summed E-state index contributed by atoms with van der Waals surface area (Å²) in [5.41, 5.74) is 0. The van der Waals surface area contributed by atoms with E-state index in [0.29, 0.717) is 0 Å². The van der Waals surface area contributed by atoms with Gasteiger partial charge < -0.3 is 0 Å². The number of amides is 1. The summed E-state index contributed by atoms with van der Waals surface area (Å²) >= 11 is 0.888. The first-order chi connectivity index (χ1) is 2.77. The molecule has 0 heterocycles. The Hall–Kier alpha value is 0.353. The van der Waals surface area contributed by atoms with Gasteiger partial charge in [0.2, 0.25) is 0 Å². The van der Waals surface area contributed by atoms with Gasteiger partial charge in [-0.1, -0.05) is 0 Å². The quantitative estimate of drug-likeness (QED) is 0.596. The summed E-state index contributed by atoms with van der Waals surface area (Å²) in [6.45, 7) is 1.53. The molecule has 0 saturated heterocycles. The zero-order valence-electron chi connectivity index (χ0n) is 3.69. The van der Waals surface area contributed by atoms with Gasteiger partial charge in [0, 0.05) is 0 Å². The van der Waals surface area contributed by atoms with E-state index < -0.39 is 0 Å². The van der Waals surface area contributed by atoms with E-state index in [0.717, 1.165) is 29.0 Å². The van der Waals surface area contributed by atoms with Crippen molar-refractivity contribution in [1.82, 2.24) is 5.32 Å². The van der Waals surface area contributed by atoms with Gasteiger partial charge >= 0.3 is 51.9 Å². The number of hydrogen-bond donors (Lipinski definition) is 1. The van der Waals surface area contributed by atoms with Gasteiger partial charge in [-0.2, -0.15) is 0 Å². The van der Waals surface area contributed by atoms with E-state index in [4.69, 9.17) is 0 Å². The van der Waals surface area contributed by atoms with Crippen LogP contribution in [0.5, 0.6) is 0 Å². The second-order valence-electron chi connectivity index (χ2n) is 0.937. The molecule has 0 rings (SSSR count). The van der Waals surface area contributed by atoms with Crippen LogP contribution in [0.4, 0.5) is 0 Å². The number of carbonyl (C=O) groups is 1. The van der Waals surface area contributed by atoms with Crippen molar-refractivity contribution in [3.63, 3.8) is 0 Å². The van der Waals surface area contributed by atoms with E-state index in [1.54, 1.807) is 0 Å². The predicted molar refractivity (Wildman–Crippen MR) is 27.2 cm³/mol. The zero-order valence-corrected chi connectivity index (χ0v) is 8.18. The minimum absolute atomic E-state index is 0.0810. The SMILES string of the molecule is CC(=O)N[CH2][BiH2]. The van der Waals surface area contributed by atoms with Gasteiger partial charge in [-0.3, -0.25) is 0 Å².